The van der Waals surface area contributed by atoms with Crippen molar-refractivity contribution in [3.05, 3.63) is 54.4 Å². The molecule has 10 heteroatoms. The first-order valence-electron chi connectivity index (χ1n) is 8.86. The third kappa shape index (κ3) is 4.90. The van der Waals surface area contributed by atoms with E-state index in [-0.39, 0.29) is 4.90 Å². The average Bonchev–Trinajstić information content (AvgIpc) is 2.74. The Balaban J connectivity index is 1.76. The van der Waals surface area contributed by atoms with Crippen molar-refractivity contribution in [3.63, 3.8) is 0 Å². The molecular formula is C20H22N4O5S. The Morgan fingerprint density at radius 3 is 2.10 bits per heavy atom. The molecule has 1 heterocycles. The average molecular weight is 430 g/mol. The maximum Gasteiger partial charge on any atom is 0.262 e. The van der Waals surface area contributed by atoms with Crippen molar-refractivity contribution in [2.75, 3.05) is 31.4 Å². The van der Waals surface area contributed by atoms with Crippen LogP contribution in [0.5, 0.6) is 17.4 Å². The van der Waals surface area contributed by atoms with Gasteiger partial charge in [0.1, 0.15) is 11.6 Å². The van der Waals surface area contributed by atoms with Gasteiger partial charge < -0.3 is 19.5 Å². The van der Waals surface area contributed by atoms with Crippen molar-refractivity contribution in [3.8, 4) is 17.4 Å². The van der Waals surface area contributed by atoms with Gasteiger partial charge in [0.15, 0.2) is 11.5 Å². The Kier molecular flexibility index (Phi) is 6.26. The molecule has 0 spiro atoms. The number of sulfonamides is 1. The zero-order valence-corrected chi connectivity index (χ0v) is 17.8. The lowest BCUT2D eigenvalue weighted by atomic mass is 10.3. The smallest absolute Gasteiger partial charge is 0.262 e. The summed E-state index contributed by atoms with van der Waals surface area (Å²) < 4.78 is 43.4. The minimum Gasteiger partial charge on any atom is -0.493 e. The van der Waals surface area contributed by atoms with Gasteiger partial charge in [-0.25, -0.2) is 13.4 Å². The van der Waals surface area contributed by atoms with E-state index in [1.165, 1.54) is 33.5 Å². The number of nitrogens with zero attached hydrogens (tertiary/aromatic N) is 2. The molecule has 9 nitrogen and oxygen atoms in total. The zero-order chi connectivity index (χ0) is 21.7. The number of ether oxygens (including phenoxy) is 3. The van der Waals surface area contributed by atoms with E-state index in [2.05, 4.69) is 20.0 Å². The molecule has 2 N–H and O–H groups in total. The van der Waals surface area contributed by atoms with Gasteiger partial charge in [0, 0.05) is 23.5 Å². The van der Waals surface area contributed by atoms with E-state index in [1.807, 2.05) is 0 Å². The largest absolute Gasteiger partial charge is 0.493 e. The lowest BCUT2D eigenvalue weighted by molar-refractivity contribution is 0.354. The molecule has 30 heavy (non-hydrogen) atoms. The fourth-order valence-electron chi connectivity index (χ4n) is 2.68. The van der Waals surface area contributed by atoms with Crippen LogP contribution < -0.4 is 24.2 Å². The highest BCUT2D eigenvalue weighted by Gasteiger charge is 2.17. The second-order valence-corrected chi connectivity index (χ2v) is 7.85. The Hall–Kier alpha value is -3.53. The molecule has 0 unspecified atom stereocenters. The van der Waals surface area contributed by atoms with E-state index in [0.717, 1.165) is 5.69 Å². The summed E-state index contributed by atoms with van der Waals surface area (Å²) in [5.41, 5.74) is 1.14. The molecule has 0 saturated heterocycles. The van der Waals surface area contributed by atoms with Crippen LogP contribution in [0.2, 0.25) is 0 Å². The number of benzene rings is 2. The molecular weight excluding hydrogens is 408 g/mol. The van der Waals surface area contributed by atoms with Gasteiger partial charge in [-0.15, -0.1) is 0 Å². The van der Waals surface area contributed by atoms with Crippen molar-refractivity contribution >= 4 is 27.2 Å². The van der Waals surface area contributed by atoms with Gasteiger partial charge >= 0.3 is 0 Å². The summed E-state index contributed by atoms with van der Waals surface area (Å²) in [6.07, 6.45) is 0. The fourth-order valence-corrected chi connectivity index (χ4v) is 3.75. The van der Waals surface area contributed by atoms with E-state index >= 15 is 0 Å². The monoisotopic (exact) mass is 430 g/mol. The number of methoxy groups -OCH3 is 3. The van der Waals surface area contributed by atoms with Crippen LogP contribution in [-0.2, 0) is 10.0 Å². The van der Waals surface area contributed by atoms with E-state index in [9.17, 15) is 8.42 Å². The minimum atomic E-state index is -3.80. The summed E-state index contributed by atoms with van der Waals surface area (Å²) in [5.74, 6) is 2.36. The van der Waals surface area contributed by atoms with Gasteiger partial charge in [0.05, 0.1) is 26.2 Å². The molecule has 0 saturated carbocycles. The second kappa shape index (κ2) is 8.87. The van der Waals surface area contributed by atoms with Gasteiger partial charge in [-0.1, -0.05) is 0 Å². The molecule has 158 valence electrons. The summed E-state index contributed by atoms with van der Waals surface area (Å²) in [6, 6.07) is 12.8. The first kappa shape index (κ1) is 21.2. The van der Waals surface area contributed by atoms with Gasteiger partial charge in [-0.2, -0.15) is 4.98 Å². The van der Waals surface area contributed by atoms with E-state index in [1.54, 1.807) is 43.3 Å². The van der Waals surface area contributed by atoms with Gasteiger partial charge in [0.2, 0.25) is 5.88 Å². The van der Waals surface area contributed by atoms with Gasteiger partial charge in [-0.05, 0) is 43.3 Å². The third-order valence-corrected chi connectivity index (χ3v) is 5.48. The molecule has 3 aromatic rings. The van der Waals surface area contributed by atoms with Crippen LogP contribution in [0, 0.1) is 6.92 Å². The van der Waals surface area contributed by atoms with Crippen LogP contribution in [0.25, 0.3) is 0 Å². The summed E-state index contributed by atoms with van der Waals surface area (Å²) >= 11 is 0. The maximum absolute atomic E-state index is 12.7. The van der Waals surface area contributed by atoms with E-state index in [4.69, 9.17) is 14.2 Å². The van der Waals surface area contributed by atoms with Crippen LogP contribution in [0.1, 0.15) is 5.82 Å². The van der Waals surface area contributed by atoms with E-state index < -0.39 is 10.0 Å². The highest BCUT2D eigenvalue weighted by atomic mass is 32.2. The summed E-state index contributed by atoms with van der Waals surface area (Å²) in [7, 11) is 0.664. The molecule has 0 aliphatic heterocycles. The zero-order valence-electron chi connectivity index (χ0n) is 17.0. The predicted molar refractivity (Wildman–Crippen MR) is 113 cm³/mol. The molecule has 0 aliphatic carbocycles. The van der Waals surface area contributed by atoms with Crippen molar-refractivity contribution in [2.45, 2.75) is 11.8 Å². The molecule has 0 bridgehead atoms. The number of hydrogen-bond acceptors (Lipinski definition) is 8. The molecule has 1 aromatic heterocycles. The summed E-state index contributed by atoms with van der Waals surface area (Å²) in [5, 5.41) is 3.13. The summed E-state index contributed by atoms with van der Waals surface area (Å²) in [6.45, 7) is 1.76. The number of hydrogen-bond donors (Lipinski definition) is 2. The molecule has 0 aliphatic rings. The maximum atomic E-state index is 12.7. The number of aryl methyl sites for hydroxylation is 1. The quantitative estimate of drug-likeness (QED) is 0.560. The lowest BCUT2D eigenvalue weighted by Gasteiger charge is -2.12. The standard InChI is InChI=1S/C20H22N4O5S/c1-13-21-19(12-20(22-13)29-4)23-14-5-7-15(8-6-14)24-30(25,26)16-9-10-17(27-2)18(11-16)28-3/h5-12,24H,1-4H3,(H,21,22,23). The Morgan fingerprint density at radius 2 is 1.47 bits per heavy atom. The van der Waals surface area contributed by atoms with Crippen LogP contribution in [-0.4, -0.2) is 39.7 Å². The second-order valence-electron chi connectivity index (χ2n) is 6.17. The number of aromatic nitrogens is 2. The Labute approximate surface area is 175 Å². The number of rotatable bonds is 8. The van der Waals surface area contributed by atoms with Gasteiger partial charge in [-0.3, -0.25) is 4.72 Å². The van der Waals surface area contributed by atoms with Crippen molar-refractivity contribution in [2.24, 2.45) is 0 Å². The first-order valence-corrected chi connectivity index (χ1v) is 10.3. The fraction of sp³-hybridized carbons (Fsp3) is 0.200. The first-order chi connectivity index (χ1) is 14.3. The summed E-state index contributed by atoms with van der Waals surface area (Å²) in [4.78, 5) is 8.49. The van der Waals surface area contributed by atoms with Crippen molar-refractivity contribution in [1.82, 2.24) is 9.97 Å². The predicted octanol–water partition coefficient (Wildman–Crippen LogP) is 3.36. The minimum absolute atomic E-state index is 0.0610. The topological polar surface area (TPSA) is 112 Å². The highest BCUT2D eigenvalue weighted by molar-refractivity contribution is 7.92. The highest BCUT2D eigenvalue weighted by Crippen LogP contribution is 2.30. The van der Waals surface area contributed by atoms with Crippen molar-refractivity contribution in [1.29, 1.82) is 0 Å². The normalized spacial score (nSPS) is 10.9. The molecule has 0 radical (unpaired) electrons. The Bertz CT molecular complexity index is 1130. The van der Waals surface area contributed by atoms with Crippen LogP contribution in [0.15, 0.2) is 53.4 Å². The number of nitrogens with one attached hydrogen (secondary N) is 2. The molecule has 0 atom stereocenters. The third-order valence-electron chi connectivity index (χ3n) is 4.10. The van der Waals surface area contributed by atoms with Crippen LogP contribution >= 0.6 is 0 Å². The van der Waals surface area contributed by atoms with Gasteiger partial charge in [0.25, 0.3) is 10.0 Å². The van der Waals surface area contributed by atoms with Crippen LogP contribution in [0.4, 0.5) is 17.2 Å². The Morgan fingerprint density at radius 1 is 0.800 bits per heavy atom. The molecule has 0 fully saturated rings. The molecule has 2 aromatic carbocycles. The molecule has 3 rings (SSSR count). The lowest BCUT2D eigenvalue weighted by Crippen LogP contribution is -2.13. The molecule has 0 amide bonds. The van der Waals surface area contributed by atoms with Crippen molar-refractivity contribution < 1.29 is 22.6 Å². The van der Waals surface area contributed by atoms with Crippen LogP contribution in [0.3, 0.4) is 0 Å². The SMILES string of the molecule is COc1cc(Nc2ccc(NS(=O)(=O)c3ccc(OC)c(OC)c3)cc2)nc(C)n1. The number of anilines is 3. The van der Waals surface area contributed by atoms with E-state index in [0.29, 0.717) is 34.7 Å².